The quantitative estimate of drug-likeness (QED) is 0.386. The predicted octanol–water partition coefficient (Wildman–Crippen LogP) is 6.08. The van der Waals surface area contributed by atoms with Crippen LogP contribution in [0.15, 0.2) is 35.7 Å². The molecule has 142 valence electrons. The summed E-state index contributed by atoms with van der Waals surface area (Å²) in [4.78, 5) is 8.01. The molecule has 2 nitrogen and oxygen atoms in total. The van der Waals surface area contributed by atoms with E-state index in [0.717, 1.165) is 37.1 Å². The third-order valence-corrected chi connectivity index (χ3v) is 14.7. The number of hydrogen-bond donors (Lipinski definition) is 0. The minimum absolute atomic E-state index is 0.776. The first-order chi connectivity index (χ1) is 12.1. The summed E-state index contributed by atoms with van der Waals surface area (Å²) in [6.07, 6.45) is 13.7. The van der Waals surface area contributed by atoms with Gasteiger partial charge in [-0.3, -0.25) is 0 Å². The van der Waals surface area contributed by atoms with Gasteiger partial charge in [-0.25, -0.2) is 0 Å². The Morgan fingerprint density at radius 1 is 0.880 bits per heavy atom. The molecule has 0 heterocycles. The second-order valence-corrected chi connectivity index (χ2v) is 14.2. The summed E-state index contributed by atoms with van der Waals surface area (Å²) in [5, 5.41) is 0. The topological polar surface area (TPSA) is 6.48 Å². The Morgan fingerprint density at radius 2 is 1.40 bits per heavy atom. The number of rotatable bonds is 11. The first kappa shape index (κ1) is 22.5. The Kier molecular flexibility index (Phi) is 11.5. The number of allylic oxidation sites excluding steroid dienone is 4. The van der Waals surface area contributed by atoms with Gasteiger partial charge in [0.2, 0.25) is 0 Å². The SMILES string of the molecule is CC[CH2][Ga]([CH2]CC)[CH]1C(=CN(CC)CC)C=CCC1=CN(CC)CC. The average Bonchev–Trinajstić information content (AvgIpc) is 2.64. The molecule has 0 aromatic rings. The van der Waals surface area contributed by atoms with Crippen LogP contribution in [0.3, 0.4) is 0 Å². The zero-order chi connectivity index (χ0) is 18.7. The van der Waals surface area contributed by atoms with Crippen LogP contribution >= 0.6 is 0 Å². The Bertz CT molecular complexity index is 439. The van der Waals surface area contributed by atoms with Crippen LogP contribution in [0.25, 0.3) is 0 Å². The second kappa shape index (κ2) is 12.8. The van der Waals surface area contributed by atoms with E-state index in [9.17, 15) is 0 Å². The fourth-order valence-electron chi connectivity index (χ4n) is 4.08. The van der Waals surface area contributed by atoms with Crippen molar-refractivity contribution in [1.29, 1.82) is 0 Å². The summed E-state index contributed by atoms with van der Waals surface area (Å²) >= 11 is -1.39. The van der Waals surface area contributed by atoms with Gasteiger partial charge in [-0.05, 0) is 0 Å². The maximum atomic E-state index is 2.52. The van der Waals surface area contributed by atoms with Crippen molar-refractivity contribution < 1.29 is 0 Å². The van der Waals surface area contributed by atoms with Crippen molar-refractivity contribution in [3.05, 3.63) is 35.7 Å². The van der Waals surface area contributed by atoms with Crippen molar-refractivity contribution in [2.24, 2.45) is 0 Å². The summed E-state index contributed by atoms with van der Waals surface area (Å²) in [5.41, 5.74) is 3.32. The molecule has 0 aromatic heterocycles. The fraction of sp³-hybridized carbons (Fsp3) is 0.727. The first-order valence-corrected chi connectivity index (χ1v) is 15.5. The summed E-state index contributed by atoms with van der Waals surface area (Å²) < 4.78 is 0.776. The standard InChI is InChI=1S/C16H27N2.2C3H7.Ga/c1-5-17(6-2)13-15-10-9-11-16(12-15)14-18(7-3)8-4;2*1-3-2;/h9-10,12-14H,5-8,11H2,1-4H3;2*1,3H2,2H3;. The molecule has 0 saturated heterocycles. The average molecular weight is 403 g/mol. The van der Waals surface area contributed by atoms with E-state index >= 15 is 0 Å². The molecule has 1 aliphatic carbocycles. The Balaban J connectivity index is 3.29. The molecule has 0 spiro atoms. The van der Waals surface area contributed by atoms with Crippen molar-refractivity contribution in [2.75, 3.05) is 26.2 Å². The van der Waals surface area contributed by atoms with Gasteiger partial charge in [-0.1, -0.05) is 0 Å². The van der Waals surface area contributed by atoms with Crippen molar-refractivity contribution >= 4 is 16.2 Å². The molecule has 0 aromatic carbocycles. The van der Waals surface area contributed by atoms with Gasteiger partial charge < -0.3 is 0 Å². The zero-order valence-corrected chi connectivity index (χ0v) is 20.1. The van der Waals surface area contributed by atoms with E-state index in [2.05, 4.69) is 75.9 Å². The van der Waals surface area contributed by atoms with Crippen molar-refractivity contribution in [3.8, 4) is 0 Å². The second-order valence-electron chi connectivity index (χ2n) is 7.20. The van der Waals surface area contributed by atoms with Crippen LogP contribution in [-0.4, -0.2) is 52.2 Å². The molecule has 25 heavy (non-hydrogen) atoms. The third-order valence-electron chi connectivity index (χ3n) is 5.52. The van der Waals surface area contributed by atoms with E-state index in [1.807, 2.05) is 0 Å². The molecule has 0 amide bonds. The van der Waals surface area contributed by atoms with Crippen LogP contribution in [0.2, 0.25) is 14.4 Å². The van der Waals surface area contributed by atoms with E-state index in [0.29, 0.717) is 0 Å². The van der Waals surface area contributed by atoms with Gasteiger partial charge in [0.25, 0.3) is 0 Å². The third kappa shape index (κ3) is 6.94. The van der Waals surface area contributed by atoms with Crippen LogP contribution in [0, 0.1) is 0 Å². The van der Waals surface area contributed by atoms with Crippen LogP contribution < -0.4 is 0 Å². The van der Waals surface area contributed by atoms with Crippen molar-refractivity contribution in [1.82, 2.24) is 9.80 Å². The van der Waals surface area contributed by atoms with Crippen LogP contribution in [-0.2, 0) is 0 Å². The van der Waals surface area contributed by atoms with Crippen LogP contribution in [0.5, 0.6) is 0 Å². The molecule has 0 aliphatic heterocycles. The molecular weight excluding hydrogens is 362 g/mol. The van der Waals surface area contributed by atoms with Gasteiger partial charge in [0.15, 0.2) is 0 Å². The minimum atomic E-state index is -1.39. The van der Waals surface area contributed by atoms with E-state index in [4.69, 9.17) is 0 Å². The molecule has 1 aliphatic rings. The predicted molar refractivity (Wildman–Crippen MR) is 115 cm³/mol. The molecular formula is C22H41GaN2. The fourth-order valence-corrected chi connectivity index (χ4v) is 12.5. The molecule has 1 atom stereocenters. The van der Waals surface area contributed by atoms with Crippen LogP contribution in [0.4, 0.5) is 0 Å². The van der Waals surface area contributed by atoms with E-state index in [1.54, 1.807) is 11.1 Å². The first-order valence-electron chi connectivity index (χ1n) is 10.7. The van der Waals surface area contributed by atoms with E-state index in [-0.39, 0.29) is 0 Å². The number of nitrogens with zero attached hydrogens (tertiary/aromatic N) is 2. The van der Waals surface area contributed by atoms with Gasteiger partial charge in [0, 0.05) is 0 Å². The molecule has 3 heteroatoms. The van der Waals surface area contributed by atoms with Crippen molar-refractivity contribution in [3.63, 3.8) is 0 Å². The monoisotopic (exact) mass is 402 g/mol. The van der Waals surface area contributed by atoms with Gasteiger partial charge in [-0.15, -0.1) is 0 Å². The summed E-state index contributed by atoms with van der Waals surface area (Å²) in [6.45, 7) is 18.3. The molecule has 1 unspecified atom stereocenters. The molecule has 0 radical (unpaired) electrons. The molecule has 0 N–H and O–H groups in total. The normalized spacial score (nSPS) is 20.3. The van der Waals surface area contributed by atoms with Crippen LogP contribution in [0.1, 0.15) is 60.8 Å². The van der Waals surface area contributed by atoms with Gasteiger partial charge >= 0.3 is 163 Å². The maximum absolute atomic E-state index is 2.52. The Labute approximate surface area is 163 Å². The molecule has 1 rings (SSSR count). The van der Waals surface area contributed by atoms with Gasteiger partial charge in [0.05, 0.1) is 0 Å². The summed E-state index contributed by atoms with van der Waals surface area (Å²) in [6, 6.07) is 0. The summed E-state index contributed by atoms with van der Waals surface area (Å²) in [5.74, 6) is 0. The molecule has 0 saturated carbocycles. The van der Waals surface area contributed by atoms with Gasteiger partial charge in [0.1, 0.15) is 0 Å². The van der Waals surface area contributed by atoms with Gasteiger partial charge in [-0.2, -0.15) is 0 Å². The number of hydrogen-bond acceptors (Lipinski definition) is 2. The Morgan fingerprint density at radius 3 is 1.88 bits per heavy atom. The molecule has 0 fully saturated rings. The van der Waals surface area contributed by atoms with Crippen molar-refractivity contribution in [2.45, 2.75) is 75.2 Å². The van der Waals surface area contributed by atoms with E-state index in [1.165, 1.54) is 22.8 Å². The summed E-state index contributed by atoms with van der Waals surface area (Å²) in [7, 11) is 0. The Hall–Kier alpha value is -0.544. The zero-order valence-electron chi connectivity index (χ0n) is 17.7. The molecule has 0 bridgehead atoms. The van der Waals surface area contributed by atoms with E-state index < -0.39 is 16.2 Å².